The molecule has 0 spiro atoms. The van der Waals surface area contributed by atoms with Crippen molar-refractivity contribution in [3.8, 4) is 0 Å². The fraction of sp³-hybridized carbons (Fsp3) is 0.312. The van der Waals surface area contributed by atoms with Crippen LogP contribution < -0.4 is 5.32 Å². The fourth-order valence-electron chi connectivity index (χ4n) is 2.85. The Morgan fingerprint density at radius 3 is 2.86 bits per heavy atom. The topological polar surface area (TPSA) is 58.1 Å². The molecular weight excluding hydrogens is 264 g/mol. The molecule has 2 atom stereocenters. The minimum absolute atomic E-state index is 0.0203. The predicted molar refractivity (Wildman–Crippen MR) is 80.8 cm³/mol. The lowest BCUT2D eigenvalue weighted by Gasteiger charge is -2.17. The average Bonchev–Trinajstić information content (AvgIpc) is 2.91. The molecule has 108 valence electrons. The van der Waals surface area contributed by atoms with E-state index in [0.717, 1.165) is 18.7 Å². The van der Waals surface area contributed by atoms with Crippen LogP contribution in [0.25, 0.3) is 0 Å². The Bertz CT molecular complexity index is 602. The molecule has 5 nitrogen and oxygen atoms in total. The van der Waals surface area contributed by atoms with E-state index in [0.29, 0.717) is 5.82 Å². The monoisotopic (exact) mass is 282 g/mol. The second kappa shape index (κ2) is 6.01. The summed E-state index contributed by atoms with van der Waals surface area (Å²) in [5.41, 5.74) is 1.11. The minimum atomic E-state index is -0.0822. The number of rotatable bonds is 3. The normalized spacial score (nSPS) is 22.1. The zero-order valence-corrected chi connectivity index (χ0v) is 11.9. The van der Waals surface area contributed by atoms with Gasteiger partial charge in [0.2, 0.25) is 5.91 Å². The second-order valence-electron chi connectivity index (χ2n) is 5.42. The first-order valence-electron chi connectivity index (χ1n) is 7.04. The molecule has 1 aliphatic heterocycles. The molecule has 1 fully saturated rings. The maximum atomic E-state index is 12.5. The number of hydrogen-bond acceptors (Lipinski definition) is 4. The van der Waals surface area contributed by atoms with Gasteiger partial charge in [-0.1, -0.05) is 12.1 Å². The molecule has 0 radical (unpaired) electrons. The van der Waals surface area contributed by atoms with Crippen LogP contribution in [-0.2, 0) is 4.79 Å². The van der Waals surface area contributed by atoms with Gasteiger partial charge >= 0.3 is 0 Å². The third-order valence-electron chi connectivity index (χ3n) is 3.87. The van der Waals surface area contributed by atoms with Crippen LogP contribution in [-0.4, -0.2) is 40.9 Å². The lowest BCUT2D eigenvalue weighted by atomic mass is 9.89. The van der Waals surface area contributed by atoms with E-state index in [-0.39, 0.29) is 17.7 Å². The minimum Gasteiger partial charge on any atom is -0.310 e. The first-order chi connectivity index (χ1) is 10.2. The lowest BCUT2D eigenvalue weighted by Crippen LogP contribution is -2.28. The summed E-state index contributed by atoms with van der Waals surface area (Å²) in [5, 5.41) is 2.91. The molecule has 3 rings (SSSR count). The molecule has 2 aromatic rings. The molecule has 1 aliphatic rings. The molecule has 5 heteroatoms. The summed E-state index contributed by atoms with van der Waals surface area (Å²) in [7, 11) is 2.04. The predicted octanol–water partition coefficient (Wildman–Crippen LogP) is 1.76. The van der Waals surface area contributed by atoms with Crippen LogP contribution >= 0.6 is 0 Å². The molecule has 21 heavy (non-hydrogen) atoms. The van der Waals surface area contributed by atoms with Gasteiger partial charge in [0.1, 0.15) is 5.82 Å². The molecule has 0 bridgehead atoms. The number of anilines is 1. The third-order valence-corrected chi connectivity index (χ3v) is 3.87. The highest BCUT2D eigenvalue weighted by Gasteiger charge is 2.37. The van der Waals surface area contributed by atoms with Crippen molar-refractivity contribution in [2.45, 2.75) is 5.92 Å². The first-order valence-corrected chi connectivity index (χ1v) is 7.04. The van der Waals surface area contributed by atoms with Crippen molar-refractivity contribution in [1.82, 2.24) is 14.9 Å². The zero-order valence-electron chi connectivity index (χ0n) is 11.9. The Hall–Kier alpha value is -2.27. The molecule has 1 unspecified atom stereocenters. The highest BCUT2D eigenvalue weighted by atomic mass is 16.2. The van der Waals surface area contributed by atoms with E-state index < -0.39 is 0 Å². The molecule has 0 saturated carbocycles. The summed E-state index contributed by atoms with van der Waals surface area (Å²) in [6.07, 6.45) is 5.28. The Kier molecular flexibility index (Phi) is 3.92. The number of likely N-dealkylation sites (tertiary alicyclic amines) is 1. The van der Waals surface area contributed by atoms with Gasteiger partial charge in [-0.2, -0.15) is 0 Å². The first kappa shape index (κ1) is 13.7. The van der Waals surface area contributed by atoms with Crippen LogP contribution in [0.1, 0.15) is 11.5 Å². The number of likely N-dealkylation sites (N-methyl/N-ethyl adjacent to an activating group) is 1. The van der Waals surface area contributed by atoms with Gasteiger partial charge in [0.15, 0.2) is 0 Å². The third kappa shape index (κ3) is 3.08. The van der Waals surface area contributed by atoms with E-state index >= 15 is 0 Å². The number of nitrogens with one attached hydrogen (secondary N) is 1. The van der Waals surface area contributed by atoms with Gasteiger partial charge in [0, 0.05) is 37.6 Å². The Balaban J connectivity index is 1.77. The fourth-order valence-corrected chi connectivity index (χ4v) is 2.85. The standard InChI is InChI=1S/C16H18N4O/c1-20-10-13(12-5-4-7-17-9-12)14(11-20)16(21)19-15-6-2-3-8-18-15/h2-9,13-14H,10-11H2,1H3,(H,18,19,21)/t13-,14?/m0/s1. The summed E-state index contributed by atoms with van der Waals surface area (Å²) < 4.78 is 0. The van der Waals surface area contributed by atoms with Gasteiger partial charge in [-0.3, -0.25) is 9.78 Å². The summed E-state index contributed by atoms with van der Waals surface area (Å²) in [6, 6.07) is 9.45. The van der Waals surface area contributed by atoms with Crippen LogP contribution in [0.4, 0.5) is 5.82 Å². The molecule has 1 saturated heterocycles. The largest absolute Gasteiger partial charge is 0.310 e. The second-order valence-corrected chi connectivity index (χ2v) is 5.42. The number of pyridine rings is 2. The van der Waals surface area contributed by atoms with Crippen molar-refractivity contribution in [2.24, 2.45) is 5.92 Å². The Labute approximate surface area is 124 Å². The summed E-state index contributed by atoms with van der Waals surface area (Å²) in [4.78, 5) is 23.0. The Morgan fingerprint density at radius 2 is 2.14 bits per heavy atom. The maximum Gasteiger partial charge on any atom is 0.230 e. The SMILES string of the molecule is CN1CC(C(=O)Nc2ccccn2)[C@H](c2cccnc2)C1. The average molecular weight is 282 g/mol. The van der Waals surface area contributed by atoms with E-state index in [1.807, 2.05) is 37.5 Å². The molecular formula is C16H18N4O. The van der Waals surface area contributed by atoms with Gasteiger partial charge < -0.3 is 10.2 Å². The van der Waals surface area contributed by atoms with Crippen molar-refractivity contribution in [3.05, 3.63) is 54.5 Å². The summed E-state index contributed by atoms with van der Waals surface area (Å²) in [6.45, 7) is 1.62. The number of nitrogens with zero attached hydrogens (tertiary/aromatic N) is 3. The van der Waals surface area contributed by atoms with Gasteiger partial charge in [-0.25, -0.2) is 4.98 Å². The summed E-state index contributed by atoms with van der Waals surface area (Å²) >= 11 is 0. The molecule has 2 aromatic heterocycles. The van der Waals surface area contributed by atoms with Gasteiger partial charge in [0.05, 0.1) is 5.92 Å². The van der Waals surface area contributed by atoms with Crippen molar-refractivity contribution >= 4 is 11.7 Å². The van der Waals surface area contributed by atoms with E-state index in [1.54, 1.807) is 18.5 Å². The number of amides is 1. The quantitative estimate of drug-likeness (QED) is 0.932. The molecule has 1 N–H and O–H groups in total. The van der Waals surface area contributed by atoms with E-state index in [2.05, 4.69) is 20.2 Å². The smallest absolute Gasteiger partial charge is 0.230 e. The lowest BCUT2D eigenvalue weighted by molar-refractivity contribution is -0.119. The van der Waals surface area contributed by atoms with E-state index in [9.17, 15) is 4.79 Å². The highest BCUT2D eigenvalue weighted by Crippen LogP contribution is 2.32. The van der Waals surface area contributed by atoms with E-state index in [1.165, 1.54) is 0 Å². The van der Waals surface area contributed by atoms with Crippen molar-refractivity contribution in [2.75, 3.05) is 25.5 Å². The number of aromatic nitrogens is 2. The summed E-state index contributed by atoms with van der Waals surface area (Å²) in [5.74, 6) is 0.711. The van der Waals surface area contributed by atoms with Crippen LogP contribution in [0.3, 0.4) is 0 Å². The highest BCUT2D eigenvalue weighted by molar-refractivity contribution is 5.92. The van der Waals surface area contributed by atoms with Crippen LogP contribution in [0.15, 0.2) is 48.9 Å². The van der Waals surface area contributed by atoms with Crippen LogP contribution in [0.2, 0.25) is 0 Å². The van der Waals surface area contributed by atoms with Gasteiger partial charge in [0.25, 0.3) is 0 Å². The van der Waals surface area contributed by atoms with E-state index in [4.69, 9.17) is 0 Å². The number of carbonyl (C=O) groups is 1. The maximum absolute atomic E-state index is 12.5. The van der Waals surface area contributed by atoms with Crippen LogP contribution in [0.5, 0.6) is 0 Å². The molecule has 0 aromatic carbocycles. The molecule has 3 heterocycles. The van der Waals surface area contributed by atoms with Gasteiger partial charge in [-0.15, -0.1) is 0 Å². The van der Waals surface area contributed by atoms with Crippen molar-refractivity contribution in [1.29, 1.82) is 0 Å². The van der Waals surface area contributed by atoms with Crippen molar-refractivity contribution in [3.63, 3.8) is 0 Å². The number of carbonyl (C=O) groups excluding carboxylic acids is 1. The van der Waals surface area contributed by atoms with Crippen LogP contribution in [0, 0.1) is 5.92 Å². The molecule has 1 amide bonds. The van der Waals surface area contributed by atoms with Crippen molar-refractivity contribution < 1.29 is 4.79 Å². The Morgan fingerprint density at radius 1 is 1.24 bits per heavy atom. The number of hydrogen-bond donors (Lipinski definition) is 1. The molecule has 0 aliphatic carbocycles. The zero-order chi connectivity index (χ0) is 14.7. The van der Waals surface area contributed by atoms with Gasteiger partial charge in [-0.05, 0) is 30.8 Å².